The first kappa shape index (κ1) is 12.6. The van der Waals surface area contributed by atoms with Crippen molar-refractivity contribution < 1.29 is 18.8 Å². The van der Waals surface area contributed by atoms with E-state index in [0.717, 1.165) is 0 Å². The Balaban J connectivity index is 2.13. The highest BCUT2D eigenvalue weighted by molar-refractivity contribution is 6.64. The lowest BCUT2D eigenvalue weighted by Crippen LogP contribution is -2.20. The zero-order valence-electron chi connectivity index (χ0n) is 10.1. The predicted octanol–water partition coefficient (Wildman–Crippen LogP) is 2.86. The number of rotatable bonds is 2. The molecule has 20 heavy (non-hydrogen) atoms. The van der Waals surface area contributed by atoms with Gasteiger partial charge in [-0.1, -0.05) is 41.9 Å². The molecule has 0 unspecified atom stereocenters. The fraction of sp³-hybridized carbons (Fsp3) is 0. The molecule has 1 aliphatic rings. The van der Waals surface area contributed by atoms with Crippen LogP contribution < -0.4 is 0 Å². The van der Waals surface area contributed by atoms with Crippen molar-refractivity contribution >= 4 is 35.0 Å². The van der Waals surface area contributed by atoms with Crippen molar-refractivity contribution in [2.75, 3.05) is 0 Å². The van der Waals surface area contributed by atoms with E-state index < -0.39 is 11.6 Å². The molecule has 1 aromatic heterocycles. The van der Waals surface area contributed by atoms with E-state index in [1.807, 2.05) is 0 Å². The Morgan fingerprint density at radius 1 is 1.05 bits per heavy atom. The van der Waals surface area contributed by atoms with E-state index in [0.29, 0.717) is 5.56 Å². The van der Waals surface area contributed by atoms with Gasteiger partial charge in [0.25, 0.3) is 0 Å². The lowest BCUT2D eigenvalue weighted by molar-refractivity contribution is -0.111. The lowest BCUT2D eigenvalue weighted by atomic mass is 9.94. The molecule has 0 fully saturated rings. The standard InChI is InChI=1S/C15H7ClO4/c16-10-6-11-12(15(19)14(10)18)9(7-20-11)13(17)8-4-2-1-3-5-8/h1-7H. The van der Waals surface area contributed by atoms with Crippen molar-refractivity contribution in [2.45, 2.75) is 0 Å². The molecule has 3 rings (SSSR count). The molecular formula is C15H7ClO4. The molecule has 0 atom stereocenters. The van der Waals surface area contributed by atoms with Gasteiger partial charge in [-0.3, -0.25) is 14.4 Å². The van der Waals surface area contributed by atoms with Crippen LogP contribution in [0.3, 0.4) is 0 Å². The highest BCUT2D eigenvalue weighted by Gasteiger charge is 2.34. The maximum atomic E-state index is 12.3. The third-order valence-corrected chi connectivity index (χ3v) is 3.29. The summed E-state index contributed by atoms with van der Waals surface area (Å²) in [4.78, 5) is 35.9. The topological polar surface area (TPSA) is 64.3 Å². The number of ketones is 3. The monoisotopic (exact) mass is 286 g/mol. The minimum Gasteiger partial charge on any atom is -0.463 e. The molecule has 2 aromatic rings. The molecule has 0 spiro atoms. The molecule has 4 nitrogen and oxygen atoms in total. The number of halogens is 1. The van der Waals surface area contributed by atoms with E-state index in [1.165, 1.54) is 12.3 Å². The fourth-order valence-electron chi connectivity index (χ4n) is 2.03. The van der Waals surface area contributed by atoms with Gasteiger partial charge in [-0.2, -0.15) is 0 Å². The Labute approximate surface area is 118 Å². The van der Waals surface area contributed by atoms with Crippen molar-refractivity contribution in [3.63, 3.8) is 0 Å². The van der Waals surface area contributed by atoms with Gasteiger partial charge >= 0.3 is 0 Å². The number of furan rings is 1. The zero-order valence-corrected chi connectivity index (χ0v) is 10.8. The van der Waals surface area contributed by atoms with Crippen molar-refractivity contribution in [3.05, 3.63) is 64.1 Å². The molecule has 0 saturated carbocycles. The van der Waals surface area contributed by atoms with Crippen molar-refractivity contribution in [2.24, 2.45) is 0 Å². The van der Waals surface area contributed by atoms with E-state index in [-0.39, 0.29) is 27.7 Å². The van der Waals surface area contributed by atoms with Crippen LogP contribution >= 0.6 is 11.6 Å². The van der Waals surface area contributed by atoms with E-state index >= 15 is 0 Å². The molecule has 98 valence electrons. The lowest BCUT2D eigenvalue weighted by Gasteiger charge is -2.06. The summed E-state index contributed by atoms with van der Waals surface area (Å²) >= 11 is 5.64. The second-order valence-electron chi connectivity index (χ2n) is 4.23. The SMILES string of the molecule is O=C1C(=O)c2c(C(=O)c3ccccc3)coc2C=C1Cl. The van der Waals surface area contributed by atoms with Crippen molar-refractivity contribution in [1.29, 1.82) is 0 Å². The van der Waals surface area contributed by atoms with E-state index in [4.69, 9.17) is 16.0 Å². The van der Waals surface area contributed by atoms with Gasteiger partial charge in [0.2, 0.25) is 11.6 Å². The first-order valence-corrected chi connectivity index (χ1v) is 6.15. The first-order chi connectivity index (χ1) is 9.59. The maximum Gasteiger partial charge on any atom is 0.245 e. The molecule has 1 aromatic carbocycles. The van der Waals surface area contributed by atoms with Gasteiger partial charge in [0.15, 0.2) is 5.78 Å². The summed E-state index contributed by atoms with van der Waals surface area (Å²) in [5.41, 5.74) is 0.468. The van der Waals surface area contributed by atoms with E-state index in [9.17, 15) is 14.4 Å². The van der Waals surface area contributed by atoms with Crippen LogP contribution in [0.4, 0.5) is 0 Å². The Kier molecular flexibility index (Phi) is 2.88. The Hall–Kier alpha value is -2.46. The summed E-state index contributed by atoms with van der Waals surface area (Å²) in [6.07, 6.45) is 2.43. The molecule has 1 aliphatic carbocycles. The average Bonchev–Trinajstić information content (AvgIpc) is 2.88. The van der Waals surface area contributed by atoms with Crippen molar-refractivity contribution in [3.8, 4) is 0 Å². The van der Waals surface area contributed by atoms with Gasteiger partial charge in [0, 0.05) is 11.6 Å². The van der Waals surface area contributed by atoms with Gasteiger partial charge in [0.05, 0.1) is 16.2 Å². The number of carbonyl (C=O) groups excluding carboxylic acids is 3. The number of fused-ring (bicyclic) bond motifs is 1. The second-order valence-corrected chi connectivity index (χ2v) is 4.64. The van der Waals surface area contributed by atoms with Gasteiger partial charge < -0.3 is 4.42 Å². The smallest absolute Gasteiger partial charge is 0.245 e. The van der Waals surface area contributed by atoms with Crippen LogP contribution in [-0.2, 0) is 4.79 Å². The highest BCUT2D eigenvalue weighted by Crippen LogP contribution is 2.29. The number of allylic oxidation sites excluding steroid dienone is 1. The third kappa shape index (κ3) is 1.82. The minimum atomic E-state index is -0.831. The number of carbonyl (C=O) groups is 3. The predicted molar refractivity (Wildman–Crippen MR) is 71.8 cm³/mol. The number of hydrogen-bond acceptors (Lipinski definition) is 4. The van der Waals surface area contributed by atoms with Gasteiger partial charge in [0.1, 0.15) is 12.0 Å². The van der Waals surface area contributed by atoms with Gasteiger partial charge in [-0.05, 0) is 0 Å². The molecule has 0 radical (unpaired) electrons. The summed E-state index contributed by atoms with van der Waals surface area (Å²) < 4.78 is 5.16. The molecule has 5 heteroatoms. The summed E-state index contributed by atoms with van der Waals surface area (Å²) in [6.45, 7) is 0. The largest absolute Gasteiger partial charge is 0.463 e. The maximum absolute atomic E-state index is 12.3. The number of hydrogen-bond donors (Lipinski definition) is 0. The molecule has 0 N–H and O–H groups in total. The zero-order chi connectivity index (χ0) is 14.3. The quantitative estimate of drug-likeness (QED) is 0.629. The van der Waals surface area contributed by atoms with Crippen LogP contribution in [0.25, 0.3) is 6.08 Å². The average molecular weight is 287 g/mol. The highest BCUT2D eigenvalue weighted by atomic mass is 35.5. The van der Waals surface area contributed by atoms with Crippen LogP contribution in [0.5, 0.6) is 0 Å². The summed E-state index contributed by atoms with van der Waals surface area (Å²) in [5.74, 6) is -1.88. The van der Waals surface area contributed by atoms with Crippen LogP contribution in [-0.4, -0.2) is 17.3 Å². The molecule has 0 aliphatic heterocycles. The van der Waals surface area contributed by atoms with Crippen LogP contribution in [0.15, 0.2) is 46.0 Å². The molecule has 0 amide bonds. The third-order valence-electron chi connectivity index (χ3n) is 3.01. The Bertz CT molecular complexity index is 768. The molecule has 1 heterocycles. The van der Waals surface area contributed by atoms with Crippen LogP contribution in [0, 0.1) is 0 Å². The Morgan fingerprint density at radius 2 is 1.75 bits per heavy atom. The first-order valence-electron chi connectivity index (χ1n) is 5.77. The summed E-state index contributed by atoms with van der Waals surface area (Å²) in [6, 6.07) is 8.45. The van der Waals surface area contributed by atoms with Crippen LogP contribution in [0.1, 0.15) is 32.0 Å². The van der Waals surface area contributed by atoms with E-state index in [1.54, 1.807) is 30.3 Å². The molecular weight excluding hydrogens is 280 g/mol. The summed E-state index contributed by atoms with van der Waals surface area (Å²) in [7, 11) is 0. The molecule has 0 bridgehead atoms. The minimum absolute atomic E-state index is 0.0201. The normalized spacial score (nSPS) is 13.9. The summed E-state index contributed by atoms with van der Waals surface area (Å²) in [5, 5.41) is -0.212. The Morgan fingerprint density at radius 3 is 2.45 bits per heavy atom. The van der Waals surface area contributed by atoms with Gasteiger partial charge in [-0.15, -0.1) is 0 Å². The van der Waals surface area contributed by atoms with Crippen molar-refractivity contribution in [1.82, 2.24) is 0 Å². The number of Topliss-reactive ketones (excluding diaryl/α,β-unsaturated/α-hetero) is 2. The second kappa shape index (κ2) is 4.58. The molecule has 0 saturated heterocycles. The fourth-order valence-corrected chi connectivity index (χ4v) is 2.21. The number of benzene rings is 1. The van der Waals surface area contributed by atoms with Gasteiger partial charge in [-0.25, -0.2) is 0 Å². The van der Waals surface area contributed by atoms with Crippen LogP contribution in [0.2, 0.25) is 0 Å². The van der Waals surface area contributed by atoms with E-state index in [2.05, 4.69) is 0 Å².